The average molecular weight is 211 g/mol. The number of rotatable bonds is 4. The Morgan fingerprint density at radius 3 is 2.79 bits per heavy atom. The van der Waals surface area contributed by atoms with E-state index in [1.807, 2.05) is 19.1 Å². The van der Waals surface area contributed by atoms with Crippen LogP contribution >= 0.6 is 11.8 Å². The molecule has 3 nitrogen and oxygen atoms in total. The van der Waals surface area contributed by atoms with Crippen LogP contribution in [0.3, 0.4) is 0 Å². The summed E-state index contributed by atoms with van der Waals surface area (Å²) in [6, 6.07) is 5.44. The van der Waals surface area contributed by atoms with Gasteiger partial charge in [-0.15, -0.1) is 11.8 Å². The van der Waals surface area contributed by atoms with Crippen LogP contribution in [-0.2, 0) is 11.2 Å². The van der Waals surface area contributed by atoms with Gasteiger partial charge in [0.2, 0.25) is 0 Å². The summed E-state index contributed by atoms with van der Waals surface area (Å²) in [6.45, 7) is 2.05. The highest BCUT2D eigenvalue weighted by atomic mass is 32.2. The van der Waals surface area contributed by atoms with Gasteiger partial charge in [0, 0.05) is 10.6 Å². The summed E-state index contributed by atoms with van der Waals surface area (Å²) in [7, 11) is 0. The Morgan fingerprint density at radius 2 is 2.21 bits per heavy atom. The fourth-order valence-electron chi connectivity index (χ4n) is 1.21. The molecule has 0 aliphatic carbocycles. The molecule has 0 saturated carbocycles. The number of nitrogen functional groups attached to an aromatic ring is 1. The molecule has 0 heterocycles. The molecule has 0 atom stereocenters. The summed E-state index contributed by atoms with van der Waals surface area (Å²) >= 11 is 1.66. The van der Waals surface area contributed by atoms with Crippen LogP contribution < -0.4 is 5.73 Å². The van der Waals surface area contributed by atoms with Gasteiger partial charge in [-0.2, -0.15) is 0 Å². The first-order chi connectivity index (χ1) is 6.61. The minimum absolute atomic E-state index is 0.0301. The van der Waals surface area contributed by atoms with Crippen LogP contribution in [0.1, 0.15) is 12.5 Å². The Balaban J connectivity index is 2.88. The summed E-state index contributed by atoms with van der Waals surface area (Å²) < 4.78 is 0. The van der Waals surface area contributed by atoms with Gasteiger partial charge in [0.25, 0.3) is 0 Å². The highest BCUT2D eigenvalue weighted by Crippen LogP contribution is 2.22. The minimum atomic E-state index is -0.831. The molecule has 0 fully saturated rings. The standard InChI is InChI=1S/C10H13NO2S/c1-2-14-9-4-7(5-10(12)13)3-8(11)6-9/h3-4,6H,2,5,11H2,1H3,(H,12,13). The molecule has 3 N–H and O–H groups in total. The number of benzene rings is 1. The molecule has 0 amide bonds. The number of carbonyl (C=O) groups is 1. The molecule has 0 aliphatic heterocycles. The normalized spacial score (nSPS) is 10.1. The van der Waals surface area contributed by atoms with E-state index >= 15 is 0 Å². The summed E-state index contributed by atoms with van der Waals surface area (Å²) in [6.07, 6.45) is 0.0301. The van der Waals surface area contributed by atoms with Crippen LogP contribution in [0.15, 0.2) is 23.1 Å². The second kappa shape index (κ2) is 4.91. The van der Waals surface area contributed by atoms with Crippen molar-refractivity contribution < 1.29 is 9.90 Å². The van der Waals surface area contributed by atoms with Crippen LogP contribution in [0.4, 0.5) is 5.69 Å². The lowest BCUT2D eigenvalue weighted by Crippen LogP contribution is -2.01. The molecule has 0 saturated heterocycles. The van der Waals surface area contributed by atoms with Crippen molar-refractivity contribution in [1.29, 1.82) is 0 Å². The van der Waals surface area contributed by atoms with Crippen molar-refractivity contribution >= 4 is 23.4 Å². The van der Waals surface area contributed by atoms with Gasteiger partial charge in [-0.3, -0.25) is 4.79 Å². The van der Waals surface area contributed by atoms with E-state index in [1.165, 1.54) is 0 Å². The van der Waals surface area contributed by atoms with Crippen LogP contribution in [0.5, 0.6) is 0 Å². The van der Waals surface area contributed by atoms with Crippen molar-refractivity contribution in [3.05, 3.63) is 23.8 Å². The zero-order valence-electron chi connectivity index (χ0n) is 7.99. The maximum atomic E-state index is 10.5. The molecule has 14 heavy (non-hydrogen) atoms. The zero-order valence-corrected chi connectivity index (χ0v) is 8.80. The Bertz CT molecular complexity index is 339. The van der Waals surface area contributed by atoms with Gasteiger partial charge in [0.1, 0.15) is 0 Å². The van der Waals surface area contributed by atoms with Gasteiger partial charge < -0.3 is 10.8 Å². The first-order valence-corrected chi connectivity index (χ1v) is 5.34. The predicted octanol–water partition coefficient (Wildman–Crippen LogP) is 2.01. The number of thioether (sulfide) groups is 1. The van der Waals surface area contributed by atoms with E-state index in [2.05, 4.69) is 0 Å². The van der Waals surface area contributed by atoms with Crippen molar-refractivity contribution in [2.75, 3.05) is 11.5 Å². The van der Waals surface area contributed by atoms with Crippen LogP contribution in [-0.4, -0.2) is 16.8 Å². The fraction of sp³-hybridized carbons (Fsp3) is 0.300. The second-order valence-electron chi connectivity index (χ2n) is 2.91. The molecular formula is C10H13NO2S. The van der Waals surface area contributed by atoms with E-state index in [1.54, 1.807) is 17.8 Å². The van der Waals surface area contributed by atoms with Gasteiger partial charge in [-0.25, -0.2) is 0 Å². The van der Waals surface area contributed by atoms with E-state index in [0.29, 0.717) is 5.69 Å². The van der Waals surface area contributed by atoms with E-state index < -0.39 is 5.97 Å². The van der Waals surface area contributed by atoms with Crippen molar-refractivity contribution in [2.45, 2.75) is 18.2 Å². The van der Waals surface area contributed by atoms with E-state index in [0.717, 1.165) is 16.2 Å². The SMILES string of the molecule is CCSc1cc(N)cc(CC(=O)O)c1. The summed E-state index contributed by atoms with van der Waals surface area (Å²) in [5.74, 6) is 0.124. The lowest BCUT2D eigenvalue weighted by molar-refractivity contribution is -0.136. The van der Waals surface area contributed by atoms with Gasteiger partial charge in [-0.1, -0.05) is 6.92 Å². The molecule has 0 spiro atoms. The quantitative estimate of drug-likeness (QED) is 0.590. The van der Waals surface area contributed by atoms with Crippen molar-refractivity contribution in [2.24, 2.45) is 0 Å². The number of carboxylic acid groups (broad SMARTS) is 1. The summed E-state index contributed by atoms with van der Waals surface area (Å²) in [5.41, 5.74) is 7.04. The number of aliphatic carboxylic acids is 1. The Hall–Kier alpha value is -1.16. The number of anilines is 1. The minimum Gasteiger partial charge on any atom is -0.481 e. The largest absolute Gasteiger partial charge is 0.481 e. The lowest BCUT2D eigenvalue weighted by atomic mass is 10.1. The molecule has 1 aromatic rings. The molecule has 0 radical (unpaired) electrons. The highest BCUT2D eigenvalue weighted by molar-refractivity contribution is 7.99. The third-order valence-corrected chi connectivity index (χ3v) is 2.51. The van der Waals surface area contributed by atoms with Gasteiger partial charge in [0.05, 0.1) is 6.42 Å². The summed E-state index contributed by atoms with van der Waals surface area (Å²) in [4.78, 5) is 11.5. The van der Waals surface area contributed by atoms with Crippen LogP contribution in [0.2, 0.25) is 0 Å². The Morgan fingerprint density at radius 1 is 1.50 bits per heavy atom. The third kappa shape index (κ3) is 3.30. The predicted molar refractivity (Wildman–Crippen MR) is 58.6 cm³/mol. The van der Waals surface area contributed by atoms with Crippen molar-refractivity contribution in [1.82, 2.24) is 0 Å². The smallest absolute Gasteiger partial charge is 0.307 e. The van der Waals surface area contributed by atoms with E-state index in [4.69, 9.17) is 10.8 Å². The molecule has 0 aromatic heterocycles. The molecule has 0 bridgehead atoms. The maximum Gasteiger partial charge on any atom is 0.307 e. The molecular weight excluding hydrogens is 198 g/mol. The maximum absolute atomic E-state index is 10.5. The van der Waals surface area contributed by atoms with Crippen LogP contribution in [0, 0.1) is 0 Å². The fourth-order valence-corrected chi connectivity index (χ4v) is 2.00. The molecule has 0 aliphatic rings. The van der Waals surface area contributed by atoms with Gasteiger partial charge in [0.15, 0.2) is 0 Å². The lowest BCUT2D eigenvalue weighted by Gasteiger charge is -2.04. The van der Waals surface area contributed by atoms with Crippen LogP contribution in [0.25, 0.3) is 0 Å². The molecule has 1 aromatic carbocycles. The Labute approximate surface area is 87.3 Å². The van der Waals surface area contributed by atoms with E-state index in [9.17, 15) is 4.79 Å². The molecule has 76 valence electrons. The number of nitrogens with two attached hydrogens (primary N) is 1. The number of carboxylic acids is 1. The third-order valence-electron chi connectivity index (χ3n) is 1.65. The highest BCUT2D eigenvalue weighted by Gasteiger charge is 2.03. The zero-order chi connectivity index (χ0) is 10.6. The molecule has 1 rings (SSSR count). The number of hydrogen-bond donors (Lipinski definition) is 2. The van der Waals surface area contributed by atoms with Crippen molar-refractivity contribution in [3.8, 4) is 0 Å². The van der Waals surface area contributed by atoms with Gasteiger partial charge >= 0.3 is 5.97 Å². The monoisotopic (exact) mass is 211 g/mol. The van der Waals surface area contributed by atoms with Crippen molar-refractivity contribution in [3.63, 3.8) is 0 Å². The first-order valence-electron chi connectivity index (χ1n) is 4.36. The first kappa shape index (κ1) is 10.9. The topological polar surface area (TPSA) is 63.3 Å². The van der Waals surface area contributed by atoms with Gasteiger partial charge in [-0.05, 0) is 29.5 Å². The Kier molecular flexibility index (Phi) is 3.83. The molecule has 4 heteroatoms. The number of hydrogen-bond acceptors (Lipinski definition) is 3. The van der Waals surface area contributed by atoms with E-state index in [-0.39, 0.29) is 6.42 Å². The molecule has 0 unspecified atom stereocenters. The average Bonchev–Trinajstić information content (AvgIpc) is 2.01. The second-order valence-corrected chi connectivity index (χ2v) is 4.25. The summed E-state index contributed by atoms with van der Waals surface area (Å²) in [5, 5.41) is 8.63.